The topological polar surface area (TPSA) is 125 Å². The molecule has 1 aromatic carbocycles. The van der Waals surface area contributed by atoms with Crippen LogP contribution in [-0.2, 0) is 27.7 Å². The lowest BCUT2D eigenvalue weighted by Crippen LogP contribution is -2.12. The minimum atomic E-state index is -3.70. The summed E-state index contributed by atoms with van der Waals surface area (Å²) in [5.74, 6) is 0.761. The van der Waals surface area contributed by atoms with Crippen LogP contribution in [-0.4, -0.2) is 42.1 Å². The number of benzene rings is 1. The van der Waals surface area contributed by atoms with Crippen LogP contribution in [0.1, 0.15) is 11.1 Å². The SMILES string of the molecule is NCCc1cn(S(=O)(=O)c2ccc3c(c2)CCO3)c2cccnc12.O=CO. The van der Waals surface area contributed by atoms with Gasteiger partial charge in [-0.3, -0.25) is 9.78 Å². The number of rotatable bonds is 4. The van der Waals surface area contributed by atoms with Crippen LogP contribution in [0, 0.1) is 0 Å². The van der Waals surface area contributed by atoms with Crippen LogP contribution in [0.4, 0.5) is 0 Å². The molecule has 0 bridgehead atoms. The summed E-state index contributed by atoms with van der Waals surface area (Å²) in [7, 11) is -3.70. The second kappa shape index (κ2) is 7.77. The minimum Gasteiger partial charge on any atom is -0.493 e. The Kier molecular flexibility index (Phi) is 5.43. The van der Waals surface area contributed by atoms with Crippen LogP contribution < -0.4 is 10.5 Å². The van der Waals surface area contributed by atoms with Gasteiger partial charge in [0, 0.05) is 18.8 Å². The molecule has 3 heterocycles. The van der Waals surface area contributed by atoms with E-state index in [1.54, 1.807) is 42.7 Å². The van der Waals surface area contributed by atoms with Crippen molar-refractivity contribution in [1.29, 1.82) is 0 Å². The number of ether oxygens (including phenoxy) is 1. The van der Waals surface area contributed by atoms with E-state index in [0.717, 1.165) is 23.3 Å². The predicted molar refractivity (Wildman–Crippen MR) is 99.4 cm³/mol. The summed E-state index contributed by atoms with van der Waals surface area (Å²) in [6.45, 7) is 0.780. The number of hydrogen-bond donors (Lipinski definition) is 2. The van der Waals surface area contributed by atoms with E-state index in [9.17, 15) is 8.42 Å². The van der Waals surface area contributed by atoms with Gasteiger partial charge in [0.25, 0.3) is 16.5 Å². The Morgan fingerprint density at radius 2 is 2.11 bits per heavy atom. The highest BCUT2D eigenvalue weighted by molar-refractivity contribution is 7.90. The van der Waals surface area contributed by atoms with Gasteiger partial charge in [0.05, 0.1) is 22.5 Å². The number of nitrogens with zero attached hydrogens (tertiary/aromatic N) is 2. The van der Waals surface area contributed by atoms with Crippen molar-refractivity contribution in [3.8, 4) is 5.75 Å². The summed E-state index contributed by atoms with van der Waals surface area (Å²) >= 11 is 0. The van der Waals surface area contributed by atoms with Gasteiger partial charge < -0.3 is 15.6 Å². The van der Waals surface area contributed by atoms with E-state index in [0.29, 0.717) is 30.6 Å². The average Bonchev–Trinajstić information content (AvgIpc) is 3.27. The molecule has 0 saturated heterocycles. The Hall–Kier alpha value is -2.91. The van der Waals surface area contributed by atoms with Gasteiger partial charge in [-0.25, -0.2) is 12.4 Å². The first-order chi connectivity index (χ1) is 13.0. The van der Waals surface area contributed by atoms with Crippen LogP contribution in [0.3, 0.4) is 0 Å². The summed E-state index contributed by atoms with van der Waals surface area (Å²) in [5.41, 5.74) is 8.64. The third-order valence-corrected chi connectivity index (χ3v) is 5.90. The third-order valence-electron chi connectivity index (χ3n) is 4.23. The largest absolute Gasteiger partial charge is 0.493 e. The summed E-state index contributed by atoms with van der Waals surface area (Å²) in [4.78, 5) is 12.9. The maximum absolute atomic E-state index is 13.1. The molecule has 8 nitrogen and oxygen atoms in total. The summed E-state index contributed by atoms with van der Waals surface area (Å²) in [6, 6.07) is 8.50. The van der Waals surface area contributed by atoms with Crippen LogP contribution in [0.25, 0.3) is 11.0 Å². The van der Waals surface area contributed by atoms with E-state index >= 15 is 0 Å². The lowest BCUT2D eigenvalue weighted by molar-refractivity contribution is -0.122. The van der Waals surface area contributed by atoms with Crippen molar-refractivity contribution in [3.05, 3.63) is 53.9 Å². The second-order valence-corrected chi connectivity index (χ2v) is 7.65. The molecule has 0 fully saturated rings. The first-order valence-electron chi connectivity index (χ1n) is 8.27. The third kappa shape index (κ3) is 3.51. The molecule has 142 valence electrons. The van der Waals surface area contributed by atoms with Crippen LogP contribution in [0.5, 0.6) is 5.75 Å². The molecule has 1 aliphatic rings. The molecule has 4 rings (SSSR count). The number of hydrogen-bond acceptors (Lipinski definition) is 6. The molecule has 9 heteroatoms. The Morgan fingerprint density at radius 1 is 1.33 bits per heavy atom. The number of aromatic nitrogens is 2. The molecular weight excluding hydrogens is 370 g/mol. The quantitative estimate of drug-likeness (QED) is 0.646. The van der Waals surface area contributed by atoms with Crippen LogP contribution in [0.2, 0.25) is 0 Å². The number of fused-ring (bicyclic) bond motifs is 2. The molecule has 0 aliphatic carbocycles. The fraction of sp³-hybridized carbons (Fsp3) is 0.222. The Bertz CT molecular complexity index is 1080. The van der Waals surface area contributed by atoms with Crippen molar-refractivity contribution < 1.29 is 23.1 Å². The van der Waals surface area contributed by atoms with Gasteiger partial charge in [-0.15, -0.1) is 0 Å². The molecule has 3 aromatic rings. The average molecular weight is 389 g/mol. The maximum atomic E-state index is 13.1. The number of carbonyl (C=O) groups is 1. The van der Waals surface area contributed by atoms with E-state index < -0.39 is 10.0 Å². The monoisotopic (exact) mass is 389 g/mol. The van der Waals surface area contributed by atoms with Crippen LogP contribution >= 0.6 is 0 Å². The first kappa shape index (κ1) is 18.9. The van der Waals surface area contributed by atoms with Gasteiger partial charge in [0.1, 0.15) is 5.75 Å². The van der Waals surface area contributed by atoms with Crippen LogP contribution in [0.15, 0.2) is 47.6 Å². The first-order valence-corrected chi connectivity index (χ1v) is 9.71. The molecule has 0 amide bonds. The summed E-state index contributed by atoms with van der Waals surface area (Å²) in [5, 5.41) is 6.89. The van der Waals surface area contributed by atoms with Crippen molar-refractivity contribution in [2.45, 2.75) is 17.7 Å². The van der Waals surface area contributed by atoms with Crippen molar-refractivity contribution in [3.63, 3.8) is 0 Å². The van der Waals surface area contributed by atoms with Gasteiger partial charge >= 0.3 is 0 Å². The van der Waals surface area contributed by atoms with E-state index in [-0.39, 0.29) is 11.4 Å². The smallest absolute Gasteiger partial charge is 0.290 e. The maximum Gasteiger partial charge on any atom is 0.290 e. The second-order valence-electron chi connectivity index (χ2n) is 5.84. The van der Waals surface area contributed by atoms with E-state index in [2.05, 4.69) is 4.98 Å². The highest BCUT2D eigenvalue weighted by Gasteiger charge is 2.24. The number of carboxylic acid groups (broad SMARTS) is 1. The fourth-order valence-electron chi connectivity index (χ4n) is 3.07. The lowest BCUT2D eigenvalue weighted by atomic mass is 10.2. The molecule has 1 aliphatic heterocycles. The number of nitrogens with two attached hydrogens (primary N) is 1. The van der Waals surface area contributed by atoms with E-state index in [4.69, 9.17) is 20.4 Å². The van der Waals surface area contributed by atoms with Crippen molar-refractivity contribution in [1.82, 2.24) is 8.96 Å². The molecule has 27 heavy (non-hydrogen) atoms. The molecule has 0 spiro atoms. The molecular formula is C18H19N3O5S. The highest BCUT2D eigenvalue weighted by Crippen LogP contribution is 2.30. The standard InChI is InChI=1S/C17H17N3O3S.CH2O2/c18-7-5-13-11-20(15-2-1-8-19-17(13)15)24(21,22)14-3-4-16-12(10-14)6-9-23-16;2-1-3/h1-4,8,10-11H,5-7,9,18H2;1H,(H,2,3). The van der Waals surface area contributed by atoms with Gasteiger partial charge in [0.2, 0.25) is 0 Å². The van der Waals surface area contributed by atoms with Gasteiger partial charge in [-0.1, -0.05) is 0 Å². The van der Waals surface area contributed by atoms with Crippen molar-refractivity contribution >= 4 is 27.5 Å². The predicted octanol–water partition coefficient (Wildman–Crippen LogP) is 1.41. The molecule has 0 unspecified atom stereocenters. The number of pyridine rings is 1. The molecule has 3 N–H and O–H groups in total. The highest BCUT2D eigenvalue weighted by atomic mass is 32.2. The van der Waals surface area contributed by atoms with Crippen molar-refractivity contribution in [2.75, 3.05) is 13.2 Å². The van der Waals surface area contributed by atoms with E-state index in [1.165, 1.54) is 3.97 Å². The van der Waals surface area contributed by atoms with E-state index in [1.807, 2.05) is 0 Å². The normalized spacial score (nSPS) is 12.8. The van der Waals surface area contributed by atoms with Gasteiger partial charge in [0.15, 0.2) is 0 Å². The zero-order valence-electron chi connectivity index (χ0n) is 14.4. The summed E-state index contributed by atoms with van der Waals surface area (Å²) in [6.07, 6.45) is 4.59. The zero-order chi connectivity index (χ0) is 19.4. The molecule has 2 aromatic heterocycles. The van der Waals surface area contributed by atoms with Gasteiger partial charge in [-0.05, 0) is 54.4 Å². The Balaban J connectivity index is 0.000000659. The zero-order valence-corrected chi connectivity index (χ0v) is 15.2. The fourth-order valence-corrected chi connectivity index (χ4v) is 4.50. The van der Waals surface area contributed by atoms with Gasteiger partial charge in [-0.2, -0.15) is 0 Å². The molecule has 0 radical (unpaired) electrons. The summed E-state index contributed by atoms with van der Waals surface area (Å²) < 4.78 is 33.0. The molecule has 0 saturated carbocycles. The Morgan fingerprint density at radius 3 is 2.85 bits per heavy atom. The molecule has 0 atom stereocenters. The Labute approximate surface area is 156 Å². The minimum absolute atomic E-state index is 0.250. The van der Waals surface area contributed by atoms with Crippen molar-refractivity contribution in [2.24, 2.45) is 5.73 Å². The lowest BCUT2D eigenvalue weighted by Gasteiger charge is -2.08.